The molecule has 0 fully saturated rings. The average molecular weight is 429 g/mol. The van der Waals surface area contributed by atoms with Crippen molar-refractivity contribution < 1.29 is 4.39 Å². The third kappa shape index (κ3) is 2.87. The molecule has 21 heavy (non-hydrogen) atoms. The normalized spacial score (nSPS) is 12.6. The van der Waals surface area contributed by atoms with Crippen molar-refractivity contribution in [3.8, 4) is 0 Å². The van der Waals surface area contributed by atoms with E-state index in [0.717, 1.165) is 26.4 Å². The van der Waals surface area contributed by atoms with Crippen molar-refractivity contribution in [2.24, 2.45) is 0 Å². The van der Waals surface area contributed by atoms with Crippen molar-refractivity contribution in [3.63, 3.8) is 0 Å². The zero-order chi connectivity index (χ0) is 15.0. The molecule has 3 aromatic rings. The van der Waals surface area contributed by atoms with Crippen LogP contribution < -0.4 is 0 Å². The molecule has 1 unspecified atom stereocenters. The molecule has 3 rings (SSSR count). The van der Waals surface area contributed by atoms with Crippen LogP contribution in [0.25, 0.3) is 10.8 Å². The molecule has 0 aromatic heterocycles. The van der Waals surface area contributed by atoms with E-state index in [0.29, 0.717) is 0 Å². The number of halogens is 4. The molecule has 0 saturated heterocycles. The minimum absolute atomic E-state index is 0.0951. The molecule has 0 amide bonds. The molecule has 106 valence electrons. The Labute approximate surface area is 144 Å². The lowest BCUT2D eigenvalue weighted by Crippen LogP contribution is -1.95. The van der Waals surface area contributed by atoms with Gasteiger partial charge in [-0.1, -0.05) is 79.9 Å². The zero-order valence-electron chi connectivity index (χ0n) is 10.8. The van der Waals surface area contributed by atoms with E-state index in [2.05, 4.69) is 44.0 Å². The van der Waals surface area contributed by atoms with Gasteiger partial charge in [0.25, 0.3) is 0 Å². The van der Waals surface area contributed by atoms with E-state index in [1.54, 1.807) is 6.07 Å². The molecule has 4 heteroatoms. The molecule has 0 spiro atoms. The molecule has 0 saturated carbocycles. The maximum Gasteiger partial charge on any atom is 0.142 e. The van der Waals surface area contributed by atoms with Crippen LogP contribution in [0.2, 0.25) is 5.02 Å². The van der Waals surface area contributed by atoms with Crippen LogP contribution in [0.4, 0.5) is 4.39 Å². The molecule has 0 aliphatic carbocycles. The lowest BCUT2D eigenvalue weighted by atomic mass is 9.98. The second-order valence-electron chi connectivity index (χ2n) is 4.72. The standard InChI is InChI=1S/C17H10Br2ClF/c18-14-7-6-13(11-3-1-2-4-12(11)14)17(19)10-5-8-15(20)16(21)9-10/h1-9,17H. The smallest absolute Gasteiger partial charge is 0.142 e. The predicted octanol–water partition coefficient (Wildman–Crippen LogP) is 6.88. The molecule has 0 heterocycles. The Kier molecular flexibility index (Phi) is 4.34. The molecule has 0 aliphatic rings. The van der Waals surface area contributed by atoms with Gasteiger partial charge in [0.05, 0.1) is 9.85 Å². The van der Waals surface area contributed by atoms with E-state index < -0.39 is 5.82 Å². The largest absolute Gasteiger partial charge is 0.205 e. The summed E-state index contributed by atoms with van der Waals surface area (Å²) in [5.74, 6) is -0.403. The van der Waals surface area contributed by atoms with Crippen molar-refractivity contribution in [1.82, 2.24) is 0 Å². The number of benzene rings is 3. The van der Waals surface area contributed by atoms with Crippen LogP contribution in [0.1, 0.15) is 16.0 Å². The van der Waals surface area contributed by atoms with E-state index in [1.165, 1.54) is 6.07 Å². The lowest BCUT2D eigenvalue weighted by molar-refractivity contribution is 0.626. The number of fused-ring (bicyclic) bond motifs is 1. The Morgan fingerprint density at radius 1 is 0.952 bits per heavy atom. The van der Waals surface area contributed by atoms with Crippen molar-refractivity contribution in [1.29, 1.82) is 0 Å². The molecule has 3 aromatic carbocycles. The fourth-order valence-electron chi connectivity index (χ4n) is 2.36. The second kappa shape index (κ2) is 6.07. The van der Waals surface area contributed by atoms with E-state index in [9.17, 15) is 4.39 Å². The monoisotopic (exact) mass is 426 g/mol. The Bertz CT molecular complexity index is 817. The molecule has 0 N–H and O–H groups in total. The van der Waals surface area contributed by atoms with Gasteiger partial charge in [-0.3, -0.25) is 0 Å². The van der Waals surface area contributed by atoms with Gasteiger partial charge in [0, 0.05) is 4.47 Å². The maximum absolute atomic E-state index is 13.7. The third-order valence-electron chi connectivity index (χ3n) is 3.41. The van der Waals surface area contributed by atoms with E-state index in [-0.39, 0.29) is 9.85 Å². The number of hydrogen-bond donors (Lipinski definition) is 0. The third-order valence-corrected chi connectivity index (χ3v) is 5.43. The zero-order valence-corrected chi connectivity index (χ0v) is 14.7. The summed E-state index contributed by atoms with van der Waals surface area (Å²) < 4.78 is 14.7. The maximum atomic E-state index is 13.7. The summed E-state index contributed by atoms with van der Waals surface area (Å²) in [4.78, 5) is -0.0951. The van der Waals surface area contributed by atoms with E-state index in [4.69, 9.17) is 11.6 Å². The summed E-state index contributed by atoms with van der Waals surface area (Å²) in [6, 6.07) is 17.1. The Hall–Kier alpha value is -0.900. The van der Waals surface area contributed by atoms with Crippen LogP contribution in [0.5, 0.6) is 0 Å². The fourth-order valence-corrected chi connectivity index (χ4v) is 3.64. The topological polar surface area (TPSA) is 0 Å². The molecule has 0 radical (unpaired) electrons. The highest BCUT2D eigenvalue weighted by Crippen LogP contribution is 2.38. The quantitative estimate of drug-likeness (QED) is 0.390. The van der Waals surface area contributed by atoms with Crippen LogP contribution >= 0.6 is 43.5 Å². The van der Waals surface area contributed by atoms with Gasteiger partial charge in [0.15, 0.2) is 0 Å². The van der Waals surface area contributed by atoms with Gasteiger partial charge in [-0.25, -0.2) is 4.39 Å². The van der Waals surface area contributed by atoms with Crippen molar-refractivity contribution >= 4 is 54.2 Å². The summed E-state index contributed by atoms with van der Waals surface area (Å²) in [5.41, 5.74) is 1.93. The van der Waals surface area contributed by atoms with Crippen LogP contribution in [0, 0.1) is 5.82 Å². The van der Waals surface area contributed by atoms with Crippen LogP contribution in [0.3, 0.4) is 0 Å². The van der Waals surface area contributed by atoms with Gasteiger partial charge in [-0.05, 0) is 40.1 Å². The molecular weight excluding hydrogens is 418 g/mol. The summed E-state index contributed by atoms with van der Waals surface area (Å²) in [7, 11) is 0. The first-order chi connectivity index (χ1) is 10.1. The van der Waals surface area contributed by atoms with Crippen molar-refractivity contribution in [2.45, 2.75) is 4.83 Å². The summed E-state index contributed by atoms with van der Waals surface area (Å²) in [6.45, 7) is 0. The number of alkyl halides is 1. The van der Waals surface area contributed by atoms with Gasteiger partial charge in [-0.2, -0.15) is 0 Å². The SMILES string of the molecule is Fc1cc(C(Br)c2ccc(Br)c3ccccc23)ccc1Cl. The predicted molar refractivity (Wildman–Crippen MR) is 93.8 cm³/mol. The van der Waals surface area contributed by atoms with E-state index >= 15 is 0 Å². The average Bonchev–Trinajstić information content (AvgIpc) is 2.50. The molecule has 1 atom stereocenters. The minimum atomic E-state index is -0.403. The van der Waals surface area contributed by atoms with Crippen LogP contribution in [-0.4, -0.2) is 0 Å². The lowest BCUT2D eigenvalue weighted by Gasteiger charge is -2.15. The molecular formula is C17H10Br2ClF. The Morgan fingerprint density at radius 2 is 1.67 bits per heavy atom. The van der Waals surface area contributed by atoms with Gasteiger partial charge in [-0.15, -0.1) is 0 Å². The van der Waals surface area contributed by atoms with Gasteiger partial charge < -0.3 is 0 Å². The first kappa shape index (κ1) is 15.0. The first-order valence-corrected chi connectivity index (χ1v) is 8.43. The fraction of sp³-hybridized carbons (Fsp3) is 0.0588. The van der Waals surface area contributed by atoms with Crippen molar-refractivity contribution in [2.75, 3.05) is 0 Å². The van der Waals surface area contributed by atoms with E-state index in [1.807, 2.05) is 30.3 Å². The van der Waals surface area contributed by atoms with Crippen LogP contribution in [0.15, 0.2) is 59.1 Å². The van der Waals surface area contributed by atoms with Gasteiger partial charge in [0.2, 0.25) is 0 Å². The van der Waals surface area contributed by atoms with Crippen LogP contribution in [-0.2, 0) is 0 Å². The highest BCUT2D eigenvalue weighted by molar-refractivity contribution is 9.10. The Balaban J connectivity index is 2.15. The molecule has 0 nitrogen and oxygen atoms in total. The highest BCUT2D eigenvalue weighted by Gasteiger charge is 2.15. The Morgan fingerprint density at radius 3 is 2.38 bits per heavy atom. The van der Waals surface area contributed by atoms with Crippen molar-refractivity contribution in [3.05, 3.63) is 81.0 Å². The van der Waals surface area contributed by atoms with Gasteiger partial charge >= 0.3 is 0 Å². The molecule has 0 bridgehead atoms. The summed E-state index contributed by atoms with van der Waals surface area (Å²) in [6.07, 6.45) is 0. The minimum Gasteiger partial charge on any atom is -0.205 e. The summed E-state index contributed by atoms with van der Waals surface area (Å²) in [5, 5.41) is 2.40. The number of hydrogen-bond acceptors (Lipinski definition) is 0. The first-order valence-electron chi connectivity index (χ1n) is 6.34. The van der Waals surface area contributed by atoms with Gasteiger partial charge in [0.1, 0.15) is 5.82 Å². The highest BCUT2D eigenvalue weighted by atomic mass is 79.9. The molecule has 0 aliphatic heterocycles. The second-order valence-corrected chi connectivity index (χ2v) is 6.90. The summed E-state index contributed by atoms with van der Waals surface area (Å²) >= 11 is 13.0. The number of rotatable bonds is 2.